The van der Waals surface area contributed by atoms with Crippen LogP contribution in [0, 0.1) is 5.82 Å². The molecule has 0 spiro atoms. The predicted octanol–water partition coefficient (Wildman–Crippen LogP) is 5.31. The molecule has 124 valence electrons. The molecule has 3 rings (SSSR count). The van der Waals surface area contributed by atoms with Crippen molar-refractivity contribution < 1.29 is 18.7 Å². The van der Waals surface area contributed by atoms with E-state index in [9.17, 15) is 9.18 Å². The Bertz CT molecular complexity index is 891. The SMILES string of the molecule is COCc1c(C(=O)OCc2ccccc2Br)sc2cccc(F)c12. The van der Waals surface area contributed by atoms with Crippen LogP contribution in [0.1, 0.15) is 20.8 Å². The van der Waals surface area contributed by atoms with Crippen molar-refractivity contribution in [2.24, 2.45) is 0 Å². The summed E-state index contributed by atoms with van der Waals surface area (Å²) >= 11 is 4.64. The Hall–Kier alpha value is -1.76. The molecular formula is C18H14BrFO3S. The average molecular weight is 409 g/mol. The van der Waals surface area contributed by atoms with Crippen molar-refractivity contribution in [1.82, 2.24) is 0 Å². The first-order chi connectivity index (χ1) is 11.6. The molecule has 0 fully saturated rings. The number of fused-ring (bicyclic) bond motifs is 1. The monoisotopic (exact) mass is 408 g/mol. The van der Waals surface area contributed by atoms with Crippen LogP contribution in [-0.4, -0.2) is 13.1 Å². The van der Waals surface area contributed by atoms with E-state index >= 15 is 0 Å². The Kier molecular flexibility index (Phi) is 5.28. The van der Waals surface area contributed by atoms with Crippen molar-refractivity contribution in [2.75, 3.05) is 7.11 Å². The van der Waals surface area contributed by atoms with Crippen LogP contribution in [0.15, 0.2) is 46.9 Å². The van der Waals surface area contributed by atoms with Gasteiger partial charge in [0.05, 0.1) is 6.61 Å². The zero-order valence-corrected chi connectivity index (χ0v) is 15.2. The summed E-state index contributed by atoms with van der Waals surface area (Å²) < 4.78 is 26.3. The van der Waals surface area contributed by atoms with Gasteiger partial charge in [-0.3, -0.25) is 0 Å². The van der Waals surface area contributed by atoms with Crippen LogP contribution in [0.4, 0.5) is 4.39 Å². The zero-order valence-electron chi connectivity index (χ0n) is 12.8. The summed E-state index contributed by atoms with van der Waals surface area (Å²) in [7, 11) is 1.51. The Balaban J connectivity index is 1.90. The van der Waals surface area contributed by atoms with Gasteiger partial charge in [-0.1, -0.05) is 40.2 Å². The highest BCUT2D eigenvalue weighted by Crippen LogP contribution is 2.34. The van der Waals surface area contributed by atoms with Crippen LogP contribution in [0.3, 0.4) is 0 Å². The molecule has 0 radical (unpaired) electrons. The van der Waals surface area contributed by atoms with Crippen molar-refractivity contribution >= 4 is 43.3 Å². The lowest BCUT2D eigenvalue weighted by Gasteiger charge is -2.07. The van der Waals surface area contributed by atoms with E-state index in [0.717, 1.165) is 10.0 Å². The molecule has 3 aromatic rings. The first-order valence-corrected chi connectivity index (χ1v) is 8.82. The Morgan fingerprint density at radius 3 is 2.71 bits per heavy atom. The zero-order chi connectivity index (χ0) is 17.1. The average Bonchev–Trinajstić information content (AvgIpc) is 2.94. The molecule has 0 unspecified atom stereocenters. The summed E-state index contributed by atoms with van der Waals surface area (Å²) in [4.78, 5) is 12.9. The molecule has 1 aromatic heterocycles. The van der Waals surface area contributed by atoms with Crippen molar-refractivity contribution in [3.8, 4) is 0 Å². The van der Waals surface area contributed by atoms with E-state index < -0.39 is 5.97 Å². The number of thiophene rings is 1. The number of hydrogen-bond acceptors (Lipinski definition) is 4. The van der Waals surface area contributed by atoms with Crippen molar-refractivity contribution in [3.63, 3.8) is 0 Å². The molecule has 6 heteroatoms. The predicted molar refractivity (Wildman–Crippen MR) is 95.8 cm³/mol. The van der Waals surface area contributed by atoms with Crippen LogP contribution < -0.4 is 0 Å². The highest BCUT2D eigenvalue weighted by molar-refractivity contribution is 9.10. The number of rotatable bonds is 5. The van der Waals surface area contributed by atoms with E-state index in [1.807, 2.05) is 24.3 Å². The lowest BCUT2D eigenvalue weighted by atomic mass is 10.1. The summed E-state index contributed by atoms with van der Waals surface area (Å²) in [6.45, 7) is 0.295. The van der Waals surface area contributed by atoms with Crippen LogP contribution in [0.5, 0.6) is 0 Å². The molecule has 1 heterocycles. The van der Waals surface area contributed by atoms with Gasteiger partial charge in [0, 0.05) is 32.8 Å². The summed E-state index contributed by atoms with van der Waals surface area (Å²) in [6, 6.07) is 12.3. The van der Waals surface area contributed by atoms with Gasteiger partial charge in [0.15, 0.2) is 0 Å². The first-order valence-electron chi connectivity index (χ1n) is 7.21. The maximum Gasteiger partial charge on any atom is 0.349 e. The molecular weight excluding hydrogens is 395 g/mol. The Morgan fingerprint density at radius 2 is 1.96 bits per heavy atom. The van der Waals surface area contributed by atoms with E-state index in [4.69, 9.17) is 9.47 Å². The summed E-state index contributed by atoms with van der Waals surface area (Å²) in [5.74, 6) is -0.834. The van der Waals surface area contributed by atoms with Crippen molar-refractivity contribution in [1.29, 1.82) is 0 Å². The van der Waals surface area contributed by atoms with Gasteiger partial charge in [0.1, 0.15) is 17.3 Å². The van der Waals surface area contributed by atoms with Crippen LogP contribution in [0.25, 0.3) is 10.1 Å². The molecule has 0 bridgehead atoms. The molecule has 0 N–H and O–H groups in total. The van der Waals surface area contributed by atoms with Crippen LogP contribution >= 0.6 is 27.3 Å². The third-order valence-electron chi connectivity index (χ3n) is 3.55. The molecule has 0 saturated heterocycles. The van der Waals surface area contributed by atoms with Gasteiger partial charge in [-0.15, -0.1) is 11.3 Å². The lowest BCUT2D eigenvalue weighted by molar-refractivity contribution is 0.0474. The summed E-state index contributed by atoms with van der Waals surface area (Å²) in [5.41, 5.74) is 1.40. The Morgan fingerprint density at radius 1 is 1.17 bits per heavy atom. The van der Waals surface area contributed by atoms with Gasteiger partial charge in [-0.05, 0) is 18.2 Å². The minimum absolute atomic E-state index is 0.142. The summed E-state index contributed by atoms with van der Waals surface area (Å²) in [5, 5.41) is 0.428. The number of benzene rings is 2. The minimum atomic E-state index is -0.474. The molecule has 0 atom stereocenters. The number of carbonyl (C=O) groups excluding carboxylic acids is 1. The Labute approximate surface area is 151 Å². The fraction of sp³-hybridized carbons (Fsp3) is 0.167. The number of halogens is 2. The maximum absolute atomic E-state index is 14.1. The number of esters is 1. The van der Waals surface area contributed by atoms with Gasteiger partial charge in [0.2, 0.25) is 0 Å². The van der Waals surface area contributed by atoms with Gasteiger partial charge < -0.3 is 9.47 Å². The summed E-state index contributed by atoms with van der Waals surface area (Å²) in [6.07, 6.45) is 0. The van der Waals surface area contributed by atoms with Crippen molar-refractivity contribution in [3.05, 3.63) is 68.8 Å². The molecule has 0 saturated carbocycles. The molecule has 2 aromatic carbocycles. The second kappa shape index (κ2) is 7.42. The smallest absolute Gasteiger partial charge is 0.349 e. The van der Waals surface area contributed by atoms with Gasteiger partial charge >= 0.3 is 5.97 Å². The molecule has 0 aliphatic rings. The van der Waals surface area contributed by atoms with Gasteiger partial charge in [-0.2, -0.15) is 0 Å². The largest absolute Gasteiger partial charge is 0.457 e. The highest BCUT2D eigenvalue weighted by Gasteiger charge is 2.22. The van der Waals surface area contributed by atoms with E-state index in [1.54, 1.807) is 12.1 Å². The van der Waals surface area contributed by atoms with Crippen LogP contribution in [-0.2, 0) is 22.7 Å². The molecule has 3 nitrogen and oxygen atoms in total. The topological polar surface area (TPSA) is 35.5 Å². The third-order valence-corrected chi connectivity index (χ3v) is 5.50. The third kappa shape index (κ3) is 3.36. The van der Waals surface area contributed by atoms with Crippen molar-refractivity contribution in [2.45, 2.75) is 13.2 Å². The number of methoxy groups -OCH3 is 1. The second-order valence-corrected chi connectivity index (χ2v) is 7.03. The minimum Gasteiger partial charge on any atom is -0.457 e. The van der Waals surface area contributed by atoms with E-state index in [2.05, 4.69) is 15.9 Å². The van der Waals surface area contributed by atoms with Gasteiger partial charge in [0.25, 0.3) is 0 Å². The van der Waals surface area contributed by atoms with Gasteiger partial charge in [-0.25, -0.2) is 9.18 Å². The van der Waals surface area contributed by atoms with Crippen LogP contribution in [0.2, 0.25) is 0 Å². The molecule has 0 aliphatic carbocycles. The highest BCUT2D eigenvalue weighted by atomic mass is 79.9. The quantitative estimate of drug-likeness (QED) is 0.536. The molecule has 24 heavy (non-hydrogen) atoms. The van der Waals surface area contributed by atoms with E-state index in [-0.39, 0.29) is 19.0 Å². The fourth-order valence-corrected chi connectivity index (χ4v) is 3.95. The number of hydrogen-bond donors (Lipinski definition) is 0. The standard InChI is InChI=1S/C18H14BrFO3S/c1-22-10-12-16-14(20)7-4-8-15(16)24-17(12)18(21)23-9-11-5-2-3-6-13(11)19/h2-8H,9-10H2,1H3. The number of carbonyl (C=O) groups is 1. The second-order valence-electron chi connectivity index (χ2n) is 5.12. The van der Waals surface area contributed by atoms with E-state index in [1.165, 1.54) is 24.5 Å². The first kappa shape index (κ1) is 17.1. The number of ether oxygens (including phenoxy) is 2. The fourth-order valence-electron chi connectivity index (χ4n) is 2.44. The molecule has 0 amide bonds. The lowest BCUT2D eigenvalue weighted by Crippen LogP contribution is -2.07. The van der Waals surface area contributed by atoms with E-state index in [0.29, 0.717) is 20.5 Å². The normalized spacial score (nSPS) is 11.0. The maximum atomic E-state index is 14.1. The molecule has 0 aliphatic heterocycles.